The van der Waals surface area contributed by atoms with Crippen molar-refractivity contribution in [3.8, 4) is 33.4 Å². The second-order valence-electron chi connectivity index (χ2n) is 11.7. The molecule has 0 saturated heterocycles. The number of benzene rings is 9. The van der Waals surface area contributed by atoms with E-state index in [0.717, 1.165) is 0 Å². The number of hydrogen-bond acceptors (Lipinski definition) is 0. The van der Waals surface area contributed by atoms with E-state index in [4.69, 9.17) is 0 Å². The maximum Gasteiger partial charge on any atom is -0.00141 e. The molecule has 0 heterocycles. The lowest BCUT2D eigenvalue weighted by Crippen LogP contribution is -1.92. The minimum Gasteiger partial charge on any atom is -0.0622 e. The Balaban J connectivity index is 1.43. The van der Waals surface area contributed by atoms with Crippen molar-refractivity contribution in [2.24, 2.45) is 0 Å². The van der Waals surface area contributed by atoms with E-state index in [1.54, 1.807) is 0 Å². The third kappa shape index (κ3) is 3.85. The van der Waals surface area contributed by atoms with Gasteiger partial charge >= 0.3 is 0 Å². The molecule has 0 aromatic heterocycles. The first-order valence-corrected chi connectivity index (χ1v) is 15.3. The van der Waals surface area contributed by atoms with Gasteiger partial charge in [-0.2, -0.15) is 0 Å². The van der Waals surface area contributed by atoms with E-state index in [2.05, 4.69) is 170 Å². The van der Waals surface area contributed by atoms with E-state index in [0.29, 0.717) is 0 Å². The van der Waals surface area contributed by atoms with Gasteiger partial charge in [-0.1, -0.05) is 158 Å². The largest absolute Gasteiger partial charge is 0.0622 e. The fraction of sp³-hybridized carbons (Fsp3) is 0. The summed E-state index contributed by atoms with van der Waals surface area (Å²) >= 11 is 0. The first-order chi connectivity index (χ1) is 21.8. The standard InChI is InChI=1S/C44H28/c1-2-11-29(12-3-1)33-15-10-16-34(27-33)43-39-20-9-8-19-38(39)42(40-26-25-31-14-5-7-18-37(31)44(40)43)35-24-23-32-22-21-30-13-4-6-17-36(30)41(32)28-35/h1-28H. The van der Waals surface area contributed by atoms with Crippen LogP contribution < -0.4 is 0 Å². The van der Waals surface area contributed by atoms with Crippen LogP contribution in [0, 0.1) is 0 Å². The van der Waals surface area contributed by atoms with E-state index < -0.39 is 0 Å². The van der Waals surface area contributed by atoms with E-state index in [-0.39, 0.29) is 0 Å². The predicted octanol–water partition coefficient (Wildman–Crippen LogP) is 12.5. The normalized spacial score (nSPS) is 11.6. The van der Waals surface area contributed by atoms with Crippen molar-refractivity contribution < 1.29 is 0 Å². The monoisotopic (exact) mass is 556 g/mol. The van der Waals surface area contributed by atoms with Gasteiger partial charge in [-0.15, -0.1) is 0 Å². The SMILES string of the molecule is c1ccc(-c2cccc(-c3c4ccccc4c(-c4ccc5ccc6ccccc6c5c4)c4ccc5ccccc5c34)c2)cc1. The summed E-state index contributed by atoms with van der Waals surface area (Å²) in [5.74, 6) is 0. The van der Waals surface area contributed by atoms with Crippen molar-refractivity contribution in [2.75, 3.05) is 0 Å². The zero-order valence-electron chi connectivity index (χ0n) is 24.2. The summed E-state index contributed by atoms with van der Waals surface area (Å²) in [5, 5.41) is 12.8. The number of rotatable bonds is 3. The van der Waals surface area contributed by atoms with Crippen LogP contribution in [0.5, 0.6) is 0 Å². The molecule has 0 unspecified atom stereocenters. The highest BCUT2D eigenvalue weighted by Gasteiger charge is 2.19. The molecular weight excluding hydrogens is 528 g/mol. The van der Waals surface area contributed by atoms with E-state index in [1.165, 1.54) is 87.2 Å². The number of hydrogen-bond donors (Lipinski definition) is 0. The minimum atomic E-state index is 1.23. The number of fused-ring (bicyclic) bond motifs is 7. The predicted molar refractivity (Wildman–Crippen MR) is 190 cm³/mol. The van der Waals surface area contributed by atoms with Gasteiger partial charge in [0.15, 0.2) is 0 Å². The molecule has 0 spiro atoms. The second-order valence-corrected chi connectivity index (χ2v) is 11.7. The maximum atomic E-state index is 2.41. The smallest absolute Gasteiger partial charge is 0.00141 e. The highest BCUT2D eigenvalue weighted by atomic mass is 14.2. The Bertz CT molecular complexity index is 2540. The summed E-state index contributed by atoms with van der Waals surface area (Å²) in [6.07, 6.45) is 0. The van der Waals surface area contributed by atoms with Crippen molar-refractivity contribution >= 4 is 53.9 Å². The molecule has 0 aliphatic rings. The lowest BCUT2D eigenvalue weighted by molar-refractivity contribution is 1.61. The highest BCUT2D eigenvalue weighted by Crippen LogP contribution is 2.47. The van der Waals surface area contributed by atoms with Crippen molar-refractivity contribution in [2.45, 2.75) is 0 Å². The Labute approximate surface area is 256 Å². The van der Waals surface area contributed by atoms with Gasteiger partial charge in [0.25, 0.3) is 0 Å². The zero-order valence-corrected chi connectivity index (χ0v) is 24.2. The molecule has 204 valence electrons. The van der Waals surface area contributed by atoms with E-state index in [9.17, 15) is 0 Å². The fourth-order valence-electron chi connectivity index (χ4n) is 7.20. The summed E-state index contributed by atoms with van der Waals surface area (Å²) in [6.45, 7) is 0. The summed E-state index contributed by atoms with van der Waals surface area (Å²) in [6, 6.07) is 62.4. The van der Waals surface area contributed by atoms with Crippen molar-refractivity contribution in [1.29, 1.82) is 0 Å². The molecule has 0 N–H and O–H groups in total. The zero-order chi connectivity index (χ0) is 29.0. The lowest BCUT2D eigenvalue weighted by Gasteiger charge is -2.20. The summed E-state index contributed by atoms with van der Waals surface area (Å²) in [4.78, 5) is 0. The molecule has 0 radical (unpaired) electrons. The van der Waals surface area contributed by atoms with E-state index >= 15 is 0 Å². The van der Waals surface area contributed by atoms with Crippen LogP contribution in [0.3, 0.4) is 0 Å². The average molecular weight is 557 g/mol. The third-order valence-corrected chi connectivity index (χ3v) is 9.21. The highest BCUT2D eigenvalue weighted by molar-refractivity contribution is 6.28. The van der Waals surface area contributed by atoms with Gasteiger partial charge < -0.3 is 0 Å². The van der Waals surface area contributed by atoms with Crippen molar-refractivity contribution in [3.05, 3.63) is 170 Å². The molecule has 9 aromatic rings. The van der Waals surface area contributed by atoms with Crippen LogP contribution >= 0.6 is 0 Å². The van der Waals surface area contributed by atoms with Crippen LogP contribution in [0.25, 0.3) is 87.2 Å². The summed E-state index contributed by atoms with van der Waals surface area (Å²) in [5.41, 5.74) is 7.52. The van der Waals surface area contributed by atoms with Gasteiger partial charge in [-0.05, 0) is 99.4 Å². The molecule has 0 nitrogen and oxygen atoms in total. The molecule has 0 atom stereocenters. The van der Waals surface area contributed by atoms with Crippen LogP contribution in [0.4, 0.5) is 0 Å². The summed E-state index contributed by atoms with van der Waals surface area (Å²) in [7, 11) is 0. The van der Waals surface area contributed by atoms with Gasteiger partial charge in [0, 0.05) is 0 Å². The van der Waals surface area contributed by atoms with Crippen LogP contribution in [0.1, 0.15) is 0 Å². The van der Waals surface area contributed by atoms with Gasteiger partial charge in [-0.25, -0.2) is 0 Å². The first-order valence-electron chi connectivity index (χ1n) is 15.3. The van der Waals surface area contributed by atoms with Crippen LogP contribution in [-0.2, 0) is 0 Å². The van der Waals surface area contributed by atoms with E-state index in [1.807, 2.05) is 0 Å². The Morgan fingerprint density at radius 1 is 0.227 bits per heavy atom. The Hall–Kier alpha value is -5.72. The molecule has 44 heavy (non-hydrogen) atoms. The molecule has 0 fully saturated rings. The average Bonchev–Trinajstić information content (AvgIpc) is 3.10. The van der Waals surface area contributed by atoms with Gasteiger partial charge in [0.1, 0.15) is 0 Å². The van der Waals surface area contributed by atoms with Gasteiger partial charge in [-0.3, -0.25) is 0 Å². The molecule has 9 aromatic carbocycles. The molecule has 0 amide bonds. The summed E-state index contributed by atoms with van der Waals surface area (Å²) < 4.78 is 0. The topological polar surface area (TPSA) is 0 Å². The van der Waals surface area contributed by atoms with Crippen LogP contribution in [-0.4, -0.2) is 0 Å². The van der Waals surface area contributed by atoms with Crippen molar-refractivity contribution in [3.63, 3.8) is 0 Å². The Kier molecular flexibility index (Phi) is 5.61. The quantitative estimate of drug-likeness (QED) is 0.150. The van der Waals surface area contributed by atoms with Gasteiger partial charge in [0.05, 0.1) is 0 Å². The molecule has 9 rings (SSSR count). The van der Waals surface area contributed by atoms with Crippen LogP contribution in [0.15, 0.2) is 170 Å². The van der Waals surface area contributed by atoms with Crippen molar-refractivity contribution in [1.82, 2.24) is 0 Å². The molecule has 0 aliphatic carbocycles. The Morgan fingerprint density at radius 2 is 0.750 bits per heavy atom. The lowest BCUT2D eigenvalue weighted by atomic mass is 9.83. The third-order valence-electron chi connectivity index (χ3n) is 9.21. The first kappa shape index (κ1) is 24.8. The molecule has 0 heteroatoms. The Morgan fingerprint density at radius 3 is 1.55 bits per heavy atom. The fourth-order valence-corrected chi connectivity index (χ4v) is 7.20. The second kappa shape index (κ2) is 9.93. The molecule has 0 aliphatic heterocycles. The maximum absolute atomic E-state index is 2.41. The van der Waals surface area contributed by atoms with Gasteiger partial charge in [0.2, 0.25) is 0 Å². The molecule has 0 bridgehead atoms. The molecule has 0 saturated carbocycles. The minimum absolute atomic E-state index is 1.23. The van der Waals surface area contributed by atoms with Crippen LogP contribution in [0.2, 0.25) is 0 Å². The molecular formula is C44H28.